The van der Waals surface area contributed by atoms with Crippen molar-refractivity contribution in [2.24, 2.45) is 0 Å². The van der Waals surface area contributed by atoms with Crippen LogP contribution in [0.4, 0.5) is 0 Å². The minimum atomic E-state index is -3.86. The Morgan fingerprint density at radius 1 is 1.12 bits per heavy atom. The van der Waals surface area contributed by atoms with Crippen LogP contribution in [0.2, 0.25) is 0 Å². The Morgan fingerprint density at radius 2 is 1.75 bits per heavy atom. The normalized spacial score (nSPS) is 32.0. The van der Waals surface area contributed by atoms with Crippen molar-refractivity contribution in [1.82, 2.24) is 0 Å². The molecule has 2 aliphatic heterocycles. The van der Waals surface area contributed by atoms with Crippen LogP contribution in [-0.4, -0.2) is 52.5 Å². The lowest BCUT2D eigenvalue weighted by Gasteiger charge is -2.23. The molecule has 0 spiro atoms. The summed E-state index contributed by atoms with van der Waals surface area (Å²) in [7, 11) is -2.36. The number of rotatable bonds is 5. The van der Waals surface area contributed by atoms with Crippen molar-refractivity contribution in [2.75, 3.05) is 13.7 Å². The van der Waals surface area contributed by atoms with Crippen LogP contribution in [0.15, 0.2) is 29.2 Å². The molecule has 2 fully saturated rings. The van der Waals surface area contributed by atoms with Crippen molar-refractivity contribution >= 4 is 10.1 Å². The number of hydrogen-bond donors (Lipinski definition) is 0. The first-order valence-corrected chi connectivity index (χ1v) is 9.13. The van der Waals surface area contributed by atoms with Crippen molar-refractivity contribution in [1.29, 1.82) is 0 Å². The van der Waals surface area contributed by atoms with Crippen molar-refractivity contribution < 1.29 is 31.5 Å². The summed E-state index contributed by atoms with van der Waals surface area (Å²) < 4.78 is 52.2. The Morgan fingerprint density at radius 3 is 2.38 bits per heavy atom. The van der Waals surface area contributed by atoms with Gasteiger partial charge in [0, 0.05) is 7.11 Å². The topological polar surface area (TPSA) is 80.3 Å². The molecule has 4 atom stereocenters. The fraction of sp³-hybridized carbons (Fsp3) is 0.625. The molecule has 2 aliphatic rings. The van der Waals surface area contributed by atoms with Gasteiger partial charge in [-0.2, -0.15) is 8.42 Å². The van der Waals surface area contributed by atoms with E-state index in [4.69, 9.17) is 23.1 Å². The maximum Gasteiger partial charge on any atom is 0.297 e. The first-order valence-electron chi connectivity index (χ1n) is 7.72. The first-order chi connectivity index (χ1) is 11.2. The number of fused-ring (bicyclic) bond motifs is 1. The maximum absolute atomic E-state index is 12.3. The predicted octanol–water partition coefficient (Wildman–Crippen LogP) is 1.59. The highest BCUT2D eigenvalue weighted by Crippen LogP contribution is 2.39. The summed E-state index contributed by atoms with van der Waals surface area (Å²) in [5, 5.41) is 0. The van der Waals surface area contributed by atoms with E-state index in [2.05, 4.69) is 0 Å². The van der Waals surface area contributed by atoms with Gasteiger partial charge in [0.2, 0.25) is 0 Å². The molecule has 1 aromatic carbocycles. The molecule has 8 heteroatoms. The van der Waals surface area contributed by atoms with Gasteiger partial charge in [-0.1, -0.05) is 17.7 Å². The summed E-state index contributed by atoms with van der Waals surface area (Å²) in [5.74, 6) is -0.774. The number of methoxy groups -OCH3 is 1. The minimum Gasteiger partial charge on any atom is -0.353 e. The largest absolute Gasteiger partial charge is 0.353 e. The van der Waals surface area contributed by atoms with Gasteiger partial charge in [0.05, 0.1) is 11.5 Å². The smallest absolute Gasteiger partial charge is 0.297 e. The van der Waals surface area contributed by atoms with Crippen LogP contribution >= 0.6 is 0 Å². The molecule has 7 nitrogen and oxygen atoms in total. The quantitative estimate of drug-likeness (QED) is 0.740. The first kappa shape index (κ1) is 17.8. The molecule has 0 amide bonds. The second-order valence-electron chi connectivity index (χ2n) is 6.40. The molecule has 1 unspecified atom stereocenters. The lowest BCUT2D eigenvalue weighted by atomic mass is 10.1. The van der Waals surface area contributed by atoms with Crippen molar-refractivity contribution in [2.45, 2.75) is 56.1 Å². The summed E-state index contributed by atoms with van der Waals surface area (Å²) in [4.78, 5) is 0.106. The van der Waals surface area contributed by atoms with E-state index in [0.717, 1.165) is 5.56 Å². The van der Waals surface area contributed by atoms with Gasteiger partial charge >= 0.3 is 0 Å². The molecule has 0 aliphatic carbocycles. The molecule has 3 rings (SSSR count). The highest BCUT2D eigenvalue weighted by atomic mass is 32.2. The average molecular weight is 358 g/mol. The van der Waals surface area contributed by atoms with Gasteiger partial charge in [0.25, 0.3) is 10.1 Å². The number of aryl methyl sites for hydroxylation is 1. The monoisotopic (exact) mass is 358 g/mol. The van der Waals surface area contributed by atoms with Gasteiger partial charge in [-0.3, -0.25) is 4.18 Å². The van der Waals surface area contributed by atoms with Crippen molar-refractivity contribution in [3.05, 3.63) is 29.8 Å². The highest BCUT2D eigenvalue weighted by Gasteiger charge is 2.55. The van der Waals surface area contributed by atoms with Gasteiger partial charge in [-0.15, -0.1) is 0 Å². The molecule has 2 heterocycles. The molecule has 0 bridgehead atoms. The number of benzene rings is 1. The minimum absolute atomic E-state index is 0.106. The molecule has 0 aromatic heterocycles. The van der Waals surface area contributed by atoms with E-state index in [9.17, 15) is 8.42 Å². The van der Waals surface area contributed by atoms with Gasteiger partial charge < -0.3 is 18.9 Å². The molecule has 134 valence electrons. The van der Waals surface area contributed by atoms with Crippen LogP contribution in [-0.2, 0) is 33.2 Å². The zero-order valence-electron chi connectivity index (χ0n) is 14.1. The number of ether oxygens (including phenoxy) is 4. The zero-order valence-corrected chi connectivity index (χ0v) is 14.9. The molecule has 0 N–H and O–H groups in total. The average Bonchev–Trinajstić information content (AvgIpc) is 2.99. The Labute approximate surface area is 141 Å². The molecule has 24 heavy (non-hydrogen) atoms. The van der Waals surface area contributed by atoms with Crippen LogP contribution in [0.5, 0.6) is 0 Å². The second kappa shape index (κ2) is 6.36. The van der Waals surface area contributed by atoms with Crippen LogP contribution in [0.1, 0.15) is 19.4 Å². The van der Waals surface area contributed by atoms with E-state index >= 15 is 0 Å². The third-order valence-corrected chi connectivity index (χ3v) is 5.33. The summed E-state index contributed by atoms with van der Waals surface area (Å²) in [5.41, 5.74) is 0.970. The van der Waals surface area contributed by atoms with Crippen molar-refractivity contribution in [3.63, 3.8) is 0 Å². The maximum atomic E-state index is 12.3. The Hall–Kier alpha value is -1.03. The van der Waals surface area contributed by atoms with E-state index in [1.807, 2.05) is 6.92 Å². The van der Waals surface area contributed by atoms with Gasteiger partial charge in [0.15, 0.2) is 12.1 Å². The standard InChI is InChI=1S/C16H22O7S/c1-10-5-7-11(8-6-10)24(17,18)20-9-12-13-14(15(19-4)21-12)23-16(2,3)22-13/h5-8,12-15H,9H2,1-4H3/t12-,13-,14-,15?/m1/s1. The van der Waals surface area contributed by atoms with Crippen LogP contribution < -0.4 is 0 Å². The SMILES string of the molecule is COC1O[C@H](COS(=O)(=O)c2ccc(C)cc2)[C@H]2OC(C)(C)O[C@@H]12. The Balaban J connectivity index is 1.69. The molecule has 0 saturated carbocycles. The van der Waals surface area contributed by atoms with E-state index in [1.54, 1.807) is 26.0 Å². The molecular formula is C16H22O7S. The summed E-state index contributed by atoms with van der Waals surface area (Å²) in [6.07, 6.45) is -2.08. The van der Waals surface area contributed by atoms with Crippen LogP contribution in [0, 0.1) is 6.92 Å². The lowest BCUT2D eigenvalue weighted by molar-refractivity contribution is -0.229. The summed E-state index contributed by atoms with van der Waals surface area (Å²) >= 11 is 0. The van der Waals surface area contributed by atoms with Gasteiger partial charge in [-0.05, 0) is 32.9 Å². The summed E-state index contributed by atoms with van der Waals surface area (Å²) in [6, 6.07) is 6.46. The zero-order chi connectivity index (χ0) is 17.5. The van der Waals surface area contributed by atoms with E-state index < -0.39 is 40.5 Å². The van der Waals surface area contributed by atoms with Crippen LogP contribution in [0.25, 0.3) is 0 Å². The van der Waals surface area contributed by atoms with E-state index in [0.29, 0.717) is 0 Å². The molecule has 0 radical (unpaired) electrons. The third-order valence-electron chi connectivity index (χ3n) is 4.04. The van der Waals surface area contributed by atoms with Gasteiger partial charge in [0.1, 0.15) is 18.3 Å². The van der Waals surface area contributed by atoms with Crippen molar-refractivity contribution in [3.8, 4) is 0 Å². The molecule has 2 saturated heterocycles. The third kappa shape index (κ3) is 3.49. The molecule has 1 aromatic rings. The number of hydrogen-bond acceptors (Lipinski definition) is 7. The van der Waals surface area contributed by atoms with E-state index in [1.165, 1.54) is 19.2 Å². The predicted molar refractivity (Wildman–Crippen MR) is 83.8 cm³/mol. The second-order valence-corrected chi connectivity index (χ2v) is 8.01. The van der Waals surface area contributed by atoms with E-state index in [-0.39, 0.29) is 11.5 Å². The fourth-order valence-electron chi connectivity index (χ4n) is 2.90. The Bertz CT molecular complexity index is 683. The fourth-order valence-corrected chi connectivity index (χ4v) is 3.81. The summed E-state index contributed by atoms with van der Waals surface area (Å²) in [6.45, 7) is 5.29. The Kier molecular flexibility index (Phi) is 4.71. The van der Waals surface area contributed by atoms with Gasteiger partial charge in [-0.25, -0.2) is 0 Å². The highest BCUT2D eigenvalue weighted by molar-refractivity contribution is 7.86. The van der Waals surface area contributed by atoms with Crippen LogP contribution in [0.3, 0.4) is 0 Å². The molecular weight excluding hydrogens is 336 g/mol. The lowest BCUT2D eigenvalue weighted by Crippen LogP contribution is -2.33.